The van der Waals surface area contributed by atoms with Crippen LogP contribution < -0.4 is 5.73 Å². The fourth-order valence-corrected chi connectivity index (χ4v) is 2.55. The zero-order valence-corrected chi connectivity index (χ0v) is 11.6. The topological polar surface area (TPSA) is 38.9 Å². The Labute approximate surface area is 113 Å². The number of hydrogen-bond donors (Lipinski definition) is 1. The summed E-state index contributed by atoms with van der Waals surface area (Å²) in [6, 6.07) is 12.5. The lowest BCUT2D eigenvalue weighted by Gasteiger charge is -2.09. The van der Waals surface area contributed by atoms with Crippen molar-refractivity contribution >= 4 is 11.8 Å². The molecule has 3 heteroatoms. The number of benzene rings is 1. The number of nitrogens with zero attached hydrogens (tertiary/aromatic N) is 1. The van der Waals surface area contributed by atoms with Gasteiger partial charge in [-0.3, -0.25) is 4.98 Å². The molecule has 0 saturated heterocycles. The lowest BCUT2D eigenvalue weighted by atomic mass is 10.1. The molecule has 0 aliphatic heterocycles. The van der Waals surface area contributed by atoms with Crippen molar-refractivity contribution in [3.05, 3.63) is 53.9 Å². The van der Waals surface area contributed by atoms with Gasteiger partial charge in [0.05, 0.1) is 5.69 Å². The maximum Gasteiger partial charge on any atom is 0.0571 e. The quantitative estimate of drug-likeness (QED) is 0.902. The van der Waals surface area contributed by atoms with Crippen molar-refractivity contribution in [2.75, 3.05) is 0 Å². The minimum atomic E-state index is 0.0440. The van der Waals surface area contributed by atoms with Crippen molar-refractivity contribution in [1.29, 1.82) is 0 Å². The van der Waals surface area contributed by atoms with Crippen LogP contribution in [0.4, 0.5) is 0 Å². The lowest BCUT2D eigenvalue weighted by Crippen LogP contribution is -2.10. The monoisotopic (exact) mass is 258 g/mol. The van der Waals surface area contributed by atoms with Crippen LogP contribution in [0.1, 0.15) is 30.6 Å². The van der Waals surface area contributed by atoms with Crippen LogP contribution in [0.3, 0.4) is 0 Å². The van der Waals surface area contributed by atoms with Crippen molar-refractivity contribution in [1.82, 2.24) is 4.98 Å². The second-order valence-electron chi connectivity index (χ2n) is 4.30. The number of hydrogen-bond acceptors (Lipinski definition) is 3. The standard InChI is InChI=1S/C15H18N2S/c1-3-13(16)14-9-8-12(10-17-14)18-15-7-5-4-6-11(15)2/h4-10,13H,3,16H2,1-2H3/t13-/m0/s1. The van der Waals surface area contributed by atoms with Gasteiger partial charge in [0.15, 0.2) is 0 Å². The molecule has 0 aliphatic rings. The van der Waals surface area contributed by atoms with E-state index >= 15 is 0 Å². The van der Waals surface area contributed by atoms with Gasteiger partial charge in [0, 0.05) is 22.0 Å². The number of nitrogens with two attached hydrogens (primary N) is 1. The molecule has 1 aromatic carbocycles. The van der Waals surface area contributed by atoms with Gasteiger partial charge in [0.1, 0.15) is 0 Å². The van der Waals surface area contributed by atoms with Crippen LogP contribution in [0.25, 0.3) is 0 Å². The molecular weight excluding hydrogens is 240 g/mol. The molecular formula is C15H18N2S. The number of pyridine rings is 1. The van der Waals surface area contributed by atoms with Gasteiger partial charge in [-0.05, 0) is 37.1 Å². The van der Waals surface area contributed by atoms with Crippen LogP contribution in [0.15, 0.2) is 52.4 Å². The normalized spacial score (nSPS) is 12.4. The molecule has 0 radical (unpaired) electrons. The van der Waals surface area contributed by atoms with Gasteiger partial charge in [-0.2, -0.15) is 0 Å². The third kappa shape index (κ3) is 3.12. The summed E-state index contributed by atoms with van der Waals surface area (Å²) < 4.78 is 0. The van der Waals surface area contributed by atoms with E-state index in [4.69, 9.17) is 5.73 Å². The smallest absolute Gasteiger partial charge is 0.0571 e. The SMILES string of the molecule is CC[C@H](N)c1ccc(Sc2ccccc2C)cn1. The number of rotatable bonds is 4. The van der Waals surface area contributed by atoms with Crippen molar-refractivity contribution in [2.24, 2.45) is 5.73 Å². The van der Waals surface area contributed by atoms with Crippen LogP contribution in [-0.2, 0) is 0 Å². The molecule has 0 aliphatic carbocycles. The molecule has 0 fully saturated rings. The van der Waals surface area contributed by atoms with Crippen molar-refractivity contribution in [2.45, 2.75) is 36.1 Å². The van der Waals surface area contributed by atoms with Crippen molar-refractivity contribution < 1.29 is 0 Å². The Bertz CT molecular complexity index is 508. The Kier molecular flexibility index (Phi) is 4.39. The van der Waals surface area contributed by atoms with Crippen LogP contribution >= 0.6 is 11.8 Å². The molecule has 2 rings (SSSR count). The molecule has 1 atom stereocenters. The third-order valence-corrected chi connectivity index (χ3v) is 4.06. The van der Waals surface area contributed by atoms with E-state index in [2.05, 4.69) is 49.2 Å². The maximum atomic E-state index is 5.95. The summed E-state index contributed by atoms with van der Waals surface area (Å²) in [6.45, 7) is 4.19. The first-order chi connectivity index (χ1) is 8.70. The Balaban J connectivity index is 2.14. The van der Waals surface area contributed by atoms with E-state index in [0.29, 0.717) is 0 Å². The zero-order chi connectivity index (χ0) is 13.0. The van der Waals surface area contributed by atoms with Gasteiger partial charge in [-0.15, -0.1) is 0 Å². The molecule has 0 amide bonds. The van der Waals surface area contributed by atoms with Gasteiger partial charge in [-0.1, -0.05) is 36.9 Å². The van der Waals surface area contributed by atoms with Gasteiger partial charge in [0.2, 0.25) is 0 Å². The highest BCUT2D eigenvalue weighted by atomic mass is 32.2. The summed E-state index contributed by atoms with van der Waals surface area (Å²) in [5.74, 6) is 0. The van der Waals surface area contributed by atoms with Crippen LogP contribution in [0.2, 0.25) is 0 Å². The average Bonchev–Trinajstić information content (AvgIpc) is 2.41. The Morgan fingerprint density at radius 3 is 2.61 bits per heavy atom. The first kappa shape index (κ1) is 13.1. The Morgan fingerprint density at radius 1 is 1.22 bits per heavy atom. The number of aryl methyl sites for hydroxylation is 1. The zero-order valence-electron chi connectivity index (χ0n) is 10.8. The highest BCUT2D eigenvalue weighted by molar-refractivity contribution is 7.99. The molecule has 1 heterocycles. The Morgan fingerprint density at radius 2 is 2.00 bits per heavy atom. The first-order valence-corrected chi connectivity index (χ1v) is 6.97. The maximum absolute atomic E-state index is 5.95. The van der Waals surface area contributed by atoms with Crippen LogP contribution in [0.5, 0.6) is 0 Å². The highest BCUT2D eigenvalue weighted by Gasteiger charge is 2.05. The van der Waals surface area contributed by atoms with E-state index in [0.717, 1.165) is 17.0 Å². The first-order valence-electron chi connectivity index (χ1n) is 6.15. The molecule has 0 saturated carbocycles. The van der Waals surface area contributed by atoms with Crippen LogP contribution in [-0.4, -0.2) is 4.98 Å². The lowest BCUT2D eigenvalue weighted by molar-refractivity contribution is 0.674. The van der Waals surface area contributed by atoms with E-state index in [1.165, 1.54) is 10.5 Å². The summed E-state index contributed by atoms with van der Waals surface area (Å²) in [4.78, 5) is 6.85. The molecule has 94 valence electrons. The molecule has 2 N–H and O–H groups in total. The molecule has 0 spiro atoms. The third-order valence-electron chi connectivity index (χ3n) is 2.90. The predicted octanol–water partition coefficient (Wildman–Crippen LogP) is 3.95. The van der Waals surface area contributed by atoms with E-state index in [-0.39, 0.29) is 6.04 Å². The minimum absolute atomic E-state index is 0.0440. The molecule has 2 nitrogen and oxygen atoms in total. The van der Waals surface area contributed by atoms with Gasteiger partial charge in [0.25, 0.3) is 0 Å². The van der Waals surface area contributed by atoms with Gasteiger partial charge < -0.3 is 5.73 Å². The van der Waals surface area contributed by atoms with Gasteiger partial charge in [-0.25, -0.2) is 0 Å². The summed E-state index contributed by atoms with van der Waals surface area (Å²) in [7, 11) is 0. The Hall–Kier alpha value is -1.32. The fraction of sp³-hybridized carbons (Fsp3) is 0.267. The predicted molar refractivity (Wildman–Crippen MR) is 76.8 cm³/mol. The van der Waals surface area contributed by atoms with E-state index in [1.807, 2.05) is 12.3 Å². The second kappa shape index (κ2) is 6.03. The highest BCUT2D eigenvalue weighted by Crippen LogP contribution is 2.29. The largest absolute Gasteiger partial charge is 0.323 e. The molecule has 0 bridgehead atoms. The summed E-state index contributed by atoms with van der Waals surface area (Å²) in [5, 5.41) is 0. The molecule has 1 aromatic heterocycles. The summed E-state index contributed by atoms with van der Waals surface area (Å²) in [5.41, 5.74) is 8.20. The van der Waals surface area contributed by atoms with Gasteiger partial charge >= 0.3 is 0 Å². The van der Waals surface area contributed by atoms with Crippen molar-refractivity contribution in [3.63, 3.8) is 0 Å². The van der Waals surface area contributed by atoms with Crippen LogP contribution in [0, 0.1) is 6.92 Å². The number of aromatic nitrogens is 1. The van der Waals surface area contributed by atoms with E-state index < -0.39 is 0 Å². The molecule has 18 heavy (non-hydrogen) atoms. The molecule has 2 aromatic rings. The summed E-state index contributed by atoms with van der Waals surface area (Å²) in [6.07, 6.45) is 2.82. The van der Waals surface area contributed by atoms with E-state index in [1.54, 1.807) is 11.8 Å². The van der Waals surface area contributed by atoms with Crippen molar-refractivity contribution in [3.8, 4) is 0 Å². The van der Waals surface area contributed by atoms with E-state index in [9.17, 15) is 0 Å². The minimum Gasteiger partial charge on any atom is -0.323 e. The fourth-order valence-electron chi connectivity index (χ4n) is 1.68. The summed E-state index contributed by atoms with van der Waals surface area (Å²) >= 11 is 1.74. The second-order valence-corrected chi connectivity index (χ2v) is 5.42. The molecule has 0 unspecified atom stereocenters. The average molecular weight is 258 g/mol.